The number of nitrogens with zero attached hydrogens (tertiary/aromatic N) is 1. The lowest BCUT2D eigenvalue weighted by molar-refractivity contribution is -0.192. The topological polar surface area (TPSA) is 118 Å². The Bertz CT molecular complexity index is 1030. The van der Waals surface area contributed by atoms with E-state index in [9.17, 15) is 19.8 Å². The van der Waals surface area contributed by atoms with E-state index in [2.05, 4.69) is 13.0 Å². The summed E-state index contributed by atoms with van der Waals surface area (Å²) in [5, 5.41) is 20.6. The number of carbonyl (C=O) groups excluding carboxylic acids is 2. The van der Waals surface area contributed by atoms with Gasteiger partial charge in [0.05, 0.1) is 31.0 Å². The summed E-state index contributed by atoms with van der Waals surface area (Å²) in [5.74, 6) is 0.444. The molecule has 2 N–H and O–H groups in total. The number of aliphatic hydroxyl groups is 2. The monoisotopic (exact) mass is 589 g/mol. The largest absolute Gasteiger partial charge is 0.442 e. The van der Waals surface area contributed by atoms with Gasteiger partial charge in [0.25, 0.3) is 0 Å². The molecule has 4 heterocycles. The average Bonchev–Trinajstić information content (AvgIpc) is 3.74. The summed E-state index contributed by atoms with van der Waals surface area (Å²) in [6, 6.07) is 0. The van der Waals surface area contributed by atoms with E-state index in [0.29, 0.717) is 25.4 Å². The molecule has 4 fully saturated rings. The molecule has 0 saturated carbocycles. The van der Waals surface area contributed by atoms with Gasteiger partial charge in [0.1, 0.15) is 23.9 Å². The predicted molar refractivity (Wildman–Crippen MR) is 159 cm³/mol. The molecule has 9 atom stereocenters. The molecule has 236 valence electrons. The third-order valence-corrected chi connectivity index (χ3v) is 9.29. The first-order valence-electron chi connectivity index (χ1n) is 15.7. The molecule has 0 radical (unpaired) electrons. The molecular formula is C33H51NO8. The summed E-state index contributed by atoms with van der Waals surface area (Å²) in [6.45, 7) is 11.7. The van der Waals surface area contributed by atoms with E-state index >= 15 is 0 Å². The molecule has 0 aromatic carbocycles. The van der Waals surface area contributed by atoms with Crippen molar-refractivity contribution in [3.05, 3.63) is 36.0 Å². The summed E-state index contributed by atoms with van der Waals surface area (Å²) >= 11 is 0. The minimum Gasteiger partial charge on any atom is -0.442 e. The number of rotatable bonds is 10. The molecule has 4 rings (SSSR count). The summed E-state index contributed by atoms with van der Waals surface area (Å²) < 4.78 is 23.5. The molecule has 0 aliphatic carbocycles. The van der Waals surface area contributed by atoms with E-state index in [1.54, 1.807) is 24.0 Å². The SMILES string of the molecule is CC(/C=C/C1O[C@](C)(CO)C[C@@]2(CO2)[C@@H]1O)=C\C[C@@H]1O[C@H](C)[C@H](CC(=O)/C=C\[C@H](C)OC(=O)N2CCCCC2)C[C@@H]1C. The minimum atomic E-state index is -0.768. The minimum absolute atomic E-state index is 0.0191. The number of allylic oxidation sites excluding steroid dienone is 3. The molecule has 4 saturated heterocycles. The highest BCUT2D eigenvalue weighted by Gasteiger charge is 2.61. The second-order valence-corrected chi connectivity index (χ2v) is 13.2. The molecule has 0 aromatic rings. The predicted octanol–water partition coefficient (Wildman–Crippen LogP) is 4.50. The van der Waals surface area contributed by atoms with Gasteiger partial charge in [0.15, 0.2) is 5.78 Å². The highest BCUT2D eigenvalue weighted by Crippen LogP contribution is 2.46. The number of ether oxygens (including phenoxy) is 4. The van der Waals surface area contributed by atoms with Crippen LogP contribution in [0.5, 0.6) is 0 Å². The van der Waals surface area contributed by atoms with Gasteiger partial charge in [0, 0.05) is 25.9 Å². The van der Waals surface area contributed by atoms with Crippen molar-refractivity contribution in [2.45, 2.75) is 121 Å². The van der Waals surface area contributed by atoms with Crippen LogP contribution in [0.1, 0.15) is 79.6 Å². The van der Waals surface area contributed by atoms with Gasteiger partial charge in [-0.15, -0.1) is 0 Å². The fourth-order valence-corrected chi connectivity index (χ4v) is 6.49. The van der Waals surface area contributed by atoms with Gasteiger partial charge in [-0.05, 0) is 83.8 Å². The van der Waals surface area contributed by atoms with Crippen LogP contribution in [0.3, 0.4) is 0 Å². The zero-order valence-corrected chi connectivity index (χ0v) is 26.0. The molecule has 1 amide bonds. The Hall–Kier alpha value is -2.04. The first kappa shape index (κ1) is 32.9. The summed E-state index contributed by atoms with van der Waals surface area (Å²) in [6.07, 6.45) is 12.8. The maximum Gasteiger partial charge on any atom is 0.410 e. The van der Waals surface area contributed by atoms with Crippen molar-refractivity contribution in [3.8, 4) is 0 Å². The number of amides is 1. The third-order valence-electron chi connectivity index (χ3n) is 9.29. The van der Waals surface area contributed by atoms with Gasteiger partial charge in [-0.25, -0.2) is 4.79 Å². The van der Waals surface area contributed by atoms with Crippen molar-refractivity contribution in [2.75, 3.05) is 26.3 Å². The number of piperidine rings is 1. The normalized spacial score (nSPS) is 38.3. The smallest absolute Gasteiger partial charge is 0.410 e. The molecule has 9 heteroatoms. The first-order chi connectivity index (χ1) is 19.9. The van der Waals surface area contributed by atoms with Crippen LogP contribution in [0.2, 0.25) is 0 Å². The fourth-order valence-electron chi connectivity index (χ4n) is 6.49. The average molecular weight is 590 g/mol. The van der Waals surface area contributed by atoms with Gasteiger partial charge in [-0.3, -0.25) is 4.79 Å². The maximum absolute atomic E-state index is 12.7. The van der Waals surface area contributed by atoms with Crippen molar-refractivity contribution in [1.82, 2.24) is 4.90 Å². The summed E-state index contributed by atoms with van der Waals surface area (Å²) in [4.78, 5) is 26.7. The maximum atomic E-state index is 12.7. The van der Waals surface area contributed by atoms with E-state index in [1.165, 1.54) is 0 Å². The second kappa shape index (κ2) is 14.2. The Balaban J connectivity index is 1.22. The molecule has 1 spiro atoms. The Kier molecular flexibility index (Phi) is 11.1. The number of carbonyl (C=O) groups is 2. The highest BCUT2D eigenvalue weighted by atomic mass is 16.6. The second-order valence-electron chi connectivity index (χ2n) is 13.2. The van der Waals surface area contributed by atoms with Crippen LogP contribution < -0.4 is 0 Å². The van der Waals surface area contributed by atoms with Gasteiger partial charge >= 0.3 is 6.09 Å². The van der Waals surface area contributed by atoms with Crippen LogP contribution in [0.25, 0.3) is 0 Å². The van der Waals surface area contributed by atoms with Gasteiger partial charge in [0.2, 0.25) is 0 Å². The van der Waals surface area contributed by atoms with Crippen LogP contribution in [-0.2, 0) is 23.7 Å². The zero-order valence-electron chi connectivity index (χ0n) is 26.0. The summed E-state index contributed by atoms with van der Waals surface area (Å²) in [5.41, 5.74) is -0.320. The molecule has 42 heavy (non-hydrogen) atoms. The lowest BCUT2D eigenvalue weighted by Gasteiger charge is -2.42. The standard InChI is InChI=1S/C33H51NO8/c1-22(10-14-29-30(37)33(21-39-33)19-32(5,20-35)42-29)9-13-28-23(2)17-26(25(4)41-28)18-27(36)12-11-24(3)40-31(38)34-15-7-6-8-16-34/h9-12,14,23-26,28-30,35,37H,6-8,13,15-21H2,1-5H3/b12-11-,14-10+,22-9+/t23-,24-,25+,26-,28-,29?,30+,32-,33+/m0/s1. The van der Waals surface area contributed by atoms with Crippen molar-refractivity contribution < 1.29 is 38.7 Å². The van der Waals surface area contributed by atoms with E-state index in [4.69, 9.17) is 18.9 Å². The van der Waals surface area contributed by atoms with Crippen molar-refractivity contribution >= 4 is 11.9 Å². The summed E-state index contributed by atoms with van der Waals surface area (Å²) in [7, 11) is 0. The number of aliphatic hydroxyl groups excluding tert-OH is 2. The Labute approximate surface area is 250 Å². The van der Waals surface area contributed by atoms with Crippen molar-refractivity contribution in [1.29, 1.82) is 0 Å². The van der Waals surface area contributed by atoms with Crippen molar-refractivity contribution in [2.24, 2.45) is 11.8 Å². The van der Waals surface area contributed by atoms with Crippen molar-refractivity contribution in [3.63, 3.8) is 0 Å². The molecule has 9 nitrogen and oxygen atoms in total. The number of ketones is 1. The van der Waals surface area contributed by atoms with Crippen LogP contribution in [0, 0.1) is 11.8 Å². The molecule has 4 aliphatic heterocycles. The number of epoxide rings is 1. The first-order valence-corrected chi connectivity index (χ1v) is 15.7. The molecule has 4 aliphatic rings. The van der Waals surface area contributed by atoms with Crippen LogP contribution in [0.15, 0.2) is 36.0 Å². The van der Waals surface area contributed by atoms with Gasteiger partial charge < -0.3 is 34.1 Å². The Morgan fingerprint density at radius 1 is 1.17 bits per heavy atom. The molecule has 0 bridgehead atoms. The van der Waals surface area contributed by atoms with E-state index in [1.807, 2.05) is 32.9 Å². The molecular weight excluding hydrogens is 538 g/mol. The third kappa shape index (κ3) is 8.53. The molecule has 0 aromatic heterocycles. The Morgan fingerprint density at radius 3 is 2.55 bits per heavy atom. The number of hydrogen-bond acceptors (Lipinski definition) is 8. The van der Waals surface area contributed by atoms with Crippen LogP contribution in [-0.4, -0.2) is 95.0 Å². The molecule has 1 unspecified atom stereocenters. The van der Waals surface area contributed by atoms with Gasteiger partial charge in [-0.1, -0.05) is 30.7 Å². The van der Waals surface area contributed by atoms with E-state index in [-0.39, 0.29) is 36.6 Å². The lowest BCUT2D eigenvalue weighted by Crippen LogP contribution is -2.56. The quantitative estimate of drug-likeness (QED) is 0.217. The zero-order chi connectivity index (χ0) is 30.5. The van der Waals surface area contributed by atoms with Crippen LogP contribution >= 0.6 is 0 Å². The fraction of sp³-hybridized carbons (Fsp3) is 0.758. The van der Waals surface area contributed by atoms with E-state index < -0.39 is 29.5 Å². The van der Waals surface area contributed by atoms with Gasteiger partial charge in [-0.2, -0.15) is 0 Å². The lowest BCUT2D eigenvalue weighted by atomic mass is 9.81. The van der Waals surface area contributed by atoms with E-state index in [0.717, 1.165) is 50.8 Å². The number of likely N-dealkylation sites (tertiary alicyclic amines) is 1. The number of hydrogen-bond donors (Lipinski definition) is 2. The van der Waals surface area contributed by atoms with Crippen LogP contribution in [0.4, 0.5) is 4.79 Å². The Morgan fingerprint density at radius 2 is 1.88 bits per heavy atom. The highest BCUT2D eigenvalue weighted by molar-refractivity contribution is 5.89.